The smallest absolute Gasteiger partial charge is 0.253 e. The molecule has 2 unspecified atom stereocenters. The Balaban J connectivity index is 2.10. The Bertz CT molecular complexity index is 479. The van der Waals surface area contributed by atoms with E-state index in [-0.39, 0.29) is 11.5 Å². The highest BCUT2D eigenvalue weighted by molar-refractivity contribution is 5.94. The summed E-state index contributed by atoms with van der Waals surface area (Å²) in [4.78, 5) is 13.9. The van der Waals surface area contributed by atoms with Crippen molar-refractivity contribution in [3.05, 3.63) is 35.4 Å². The van der Waals surface area contributed by atoms with Crippen molar-refractivity contribution >= 4 is 5.91 Å². The van der Waals surface area contributed by atoms with Crippen LogP contribution in [0.3, 0.4) is 0 Å². The highest BCUT2D eigenvalue weighted by atomic mass is 19.2. The molecule has 1 aromatic carbocycles. The average molecular weight is 268 g/mol. The van der Waals surface area contributed by atoms with Gasteiger partial charge < -0.3 is 10.2 Å². The molecule has 1 N–H and O–H groups in total. The lowest BCUT2D eigenvalue weighted by molar-refractivity contribution is 0.0648. The van der Waals surface area contributed by atoms with Crippen molar-refractivity contribution in [2.75, 3.05) is 20.1 Å². The van der Waals surface area contributed by atoms with Crippen LogP contribution in [0.15, 0.2) is 18.2 Å². The third-order valence-corrected chi connectivity index (χ3v) is 3.73. The summed E-state index contributed by atoms with van der Waals surface area (Å²) in [6, 6.07) is 3.68. The number of carbonyl (C=O) groups excluding carboxylic acids is 1. The minimum atomic E-state index is -0.982. The van der Waals surface area contributed by atoms with E-state index in [1.165, 1.54) is 6.07 Å². The molecule has 1 amide bonds. The van der Waals surface area contributed by atoms with Gasteiger partial charge in [0.05, 0.1) is 0 Å². The largest absolute Gasteiger partial charge is 0.338 e. The van der Waals surface area contributed by atoms with Crippen molar-refractivity contribution in [1.29, 1.82) is 0 Å². The minimum absolute atomic E-state index is 0.203. The van der Waals surface area contributed by atoms with Crippen molar-refractivity contribution in [2.45, 2.75) is 19.4 Å². The molecule has 104 valence electrons. The van der Waals surface area contributed by atoms with Gasteiger partial charge in [0.2, 0.25) is 0 Å². The molecule has 2 atom stereocenters. The maximum absolute atomic E-state index is 13.1. The van der Waals surface area contributed by atoms with Crippen LogP contribution in [-0.2, 0) is 0 Å². The molecule has 0 aromatic heterocycles. The van der Waals surface area contributed by atoms with Gasteiger partial charge in [-0.25, -0.2) is 8.78 Å². The lowest BCUT2D eigenvalue weighted by Gasteiger charge is -2.36. The number of halogens is 2. The van der Waals surface area contributed by atoms with E-state index in [1.807, 2.05) is 7.05 Å². The zero-order valence-corrected chi connectivity index (χ0v) is 11.1. The first-order valence-electron chi connectivity index (χ1n) is 6.44. The van der Waals surface area contributed by atoms with E-state index in [0.29, 0.717) is 25.0 Å². The van der Waals surface area contributed by atoms with Crippen molar-refractivity contribution in [2.24, 2.45) is 5.92 Å². The van der Waals surface area contributed by atoms with Gasteiger partial charge in [-0.2, -0.15) is 0 Å². The van der Waals surface area contributed by atoms with Crippen LogP contribution in [0.5, 0.6) is 0 Å². The van der Waals surface area contributed by atoms with Gasteiger partial charge in [-0.05, 0) is 37.6 Å². The van der Waals surface area contributed by atoms with Gasteiger partial charge in [0, 0.05) is 24.7 Å². The number of carbonyl (C=O) groups is 1. The fraction of sp³-hybridized carbons (Fsp3) is 0.500. The number of likely N-dealkylation sites (tertiary alicyclic amines) is 1. The summed E-state index contributed by atoms with van der Waals surface area (Å²) in [7, 11) is 1.91. The molecule has 1 heterocycles. The van der Waals surface area contributed by atoms with Gasteiger partial charge in [-0.3, -0.25) is 4.79 Å². The van der Waals surface area contributed by atoms with Crippen LogP contribution in [-0.4, -0.2) is 37.0 Å². The first-order valence-corrected chi connectivity index (χ1v) is 6.44. The Morgan fingerprint density at radius 3 is 2.68 bits per heavy atom. The number of amides is 1. The fourth-order valence-corrected chi connectivity index (χ4v) is 2.57. The number of nitrogens with zero attached hydrogens (tertiary/aromatic N) is 1. The monoisotopic (exact) mass is 268 g/mol. The molecular weight excluding hydrogens is 250 g/mol. The first-order chi connectivity index (χ1) is 9.02. The van der Waals surface area contributed by atoms with Crippen LogP contribution in [0, 0.1) is 17.6 Å². The summed E-state index contributed by atoms with van der Waals surface area (Å²) in [5.41, 5.74) is 0.203. The lowest BCUT2D eigenvalue weighted by Crippen LogP contribution is -2.49. The number of nitrogens with one attached hydrogen (secondary N) is 1. The fourth-order valence-electron chi connectivity index (χ4n) is 2.57. The summed E-state index contributed by atoms with van der Waals surface area (Å²) < 4.78 is 26.0. The number of rotatable bonds is 2. The Morgan fingerprint density at radius 1 is 1.37 bits per heavy atom. The van der Waals surface area contributed by atoms with Crippen LogP contribution in [0.25, 0.3) is 0 Å². The summed E-state index contributed by atoms with van der Waals surface area (Å²) in [5, 5.41) is 3.22. The molecule has 1 fully saturated rings. The molecule has 0 bridgehead atoms. The first kappa shape index (κ1) is 13.9. The molecule has 5 heteroatoms. The molecule has 1 aliphatic rings. The standard InChI is InChI=1S/C14H18F2N2O/c1-9-8-18(6-5-13(9)17-2)14(19)10-3-4-11(15)12(16)7-10/h3-4,7,9,13,17H,5-6,8H2,1-2H3. The molecule has 1 aromatic rings. The normalized spacial score (nSPS) is 23.5. The zero-order chi connectivity index (χ0) is 14.0. The summed E-state index contributed by atoms with van der Waals surface area (Å²) in [6.07, 6.45) is 0.868. The maximum Gasteiger partial charge on any atom is 0.253 e. The molecule has 2 rings (SSSR count). The van der Waals surface area contributed by atoms with Gasteiger partial charge in [-0.1, -0.05) is 6.92 Å². The third kappa shape index (κ3) is 2.92. The van der Waals surface area contributed by atoms with Crippen molar-refractivity contribution in [1.82, 2.24) is 10.2 Å². The lowest BCUT2D eigenvalue weighted by atomic mass is 9.93. The van der Waals surface area contributed by atoms with Crippen LogP contribution in [0.1, 0.15) is 23.7 Å². The average Bonchev–Trinajstić information content (AvgIpc) is 2.41. The van der Waals surface area contributed by atoms with Crippen molar-refractivity contribution in [3.63, 3.8) is 0 Å². The van der Waals surface area contributed by atoms with Gasteiger partial charge in [0.25, 0.3) is 5.91 Å². The predicted molar refractivity (Wildman–Crippen MR) is 68.9 cm³/mol. The Labute approximate surface area is 111 Å². The summed E-state index contributed by atoms with van der Waals surface area (Å²) in [6.45, 7) is 3.34. The third-order valence-electron chi connectivity index (χ3n) is 3.73. The van der Waals surface area contributed by atoms with E-state index in [2.05, 4.69) is 12.2 Å². The Morgan fingerprint density at radius 2 is 2.11 bits per heavy atom. The van der Waals surface area contributed by atoms with Crippen LogP contribution < -0.4 is 5.32 Å². The molecule has 1 aliphatic heterocycles. The molecule has 3 nitrogen and oxygen atoms in total. The van der Waals surface area contributed by atoms with Crippen LogP contribution >= 0.6 is 0 Å². The molecular formula is C14H18F2N2O. The molecule has 0 saturated carbocycles. The molecule has 0 aliphatic carbocycles. The molecule has 0 spiro atoms. The van der Waals surface area contributed by atoms with Gasteiger partial charge in [-0.15, -0.1) is 0 Å². The van der Waals surface area contributed by atoms with Gasteiger partial charge in [0.1, 0.15) is 0 Å². The predicted octanol–water partition coefficient (Wildman–Crippen LogP) is 2.03. The van der Waals surface area contributed by atoms with E-state index in [9.17, 15) is 13.6 Å². The van der Waals surface area contributed by atoms with Gasteiger partial charge >= 0.3 is 0 Å². The second kappa shape index (κ2) is 5.65. The number of hydrogen-bond acceptors (Lipinski definition) is 2. The van der Waals surface area contributed by atoms with E-state index < -0.39 is 11.6 Å². The van der Waals surface area contributed by atoms with Gasteiger partial charge in [0.15, 0.2) is 11.6 Å². The zero-order valence-electron chi connectivity index (χ0n) is 11.1. The highest BCUT2D eigenvalue weighted by Crippen LogP contribution is 2.19. The second-order valence-electron chi connectivity index (χ2n) is 5.04. The highest BCUT2D eigenvalue weighted by Gasteiger charge is 2.28. The molecule has 0 radical (unpaired) electrons. The number of piperidine rings is 1. The van der Waals surface area contributed by atoms with E-state index in [0.717, 1.165) is 18.6 Å². The Hall–Kier alpha value is -1.49. The van der Waals surface area contributed by atoms with Crippen molar-refractivity contribution in [3.8, 4) is 0 Å². The topological polar surface area (TPSA) is 32.3 Å². The summed E-state index contributed by atoms with van der Waals surface area (Å²) in [5.74, 6) is -1.81. The second-order valence-corrected chi connectivity index (χ2v) is 5.04. The van der Waals surface area contributed by atoms with Crippen LogP contribution in [0.4, 0.5) is 8.78 Å². The van der Waals surface area contributed by atoms with E-state index in [4.69, 9.17) is 0 Å². The van der Waals surface area contributed by atoms with Crippen molar-refractivity contribution < 1.29 is 13.6 Å². The maximum atomic E-state index is 13.1. The Kier molecular flexibility index (Phi) is 4.14. The summed E-state index contributed by atoms with van der Waals surface area (Å²) >= 11 is 0. The molecule has 1 saturated heterocycles. The minimum Gasteiger partial charge on any atom is -0.338 e. The quantitative estimate of drug-likeness (QED) is 0.890. The van der Waals surface area contributed by atoms with Crippen LogP contribution in [0.2, 0.25) is 0 Å². The molecule has 19 heavy (non-hydrogen) atoms. The number of hydrogen-bond donors (Lipinski definition) is 1. The number of benzene rings is 1. The van der Waals surface area contributed by atoms with E-state index >= 15 is 0 Å². The SMILES string of the molecule is CNC1CCN(C(=O)c2ccc(F)c(F)c2)CC1C. The van der Waals surface area contributed by atoms with E-state index in [1.54, 1.807) is 4.90 Å².